The molecule has 0 bridgehead atoms. The Balaban J connectivity index is 1.65. The first-order valence-electron chi connectivity index (χ1n) is 10.7. The number of halogens is 1. The van der Waals surface area contributed by atoms with Crippen molar-refractivity contribution in [3.8, 4) is 0 Å². The molecule has 5 heteroatoms. The number of carboxylic acids is 1. The molecule has 4 nitrogen and oxygen atoms in total. The zero-order valence-electron chi connectivity index (χ0n) is 18.7. The van der Waals surface area contributed by atoms with Crippen molar-refractivity contribution in [2.75, 3.05) is 0 Å². The van der Waals surface area contributed by atoms with Crippen molar-refractivity contribution in [1.29, 1.82) is 0 Å². The molecule has 0 aromatic heterocycles. The molecule has 1 N–H and O–H groups in total. The first-order valence-corrected chi connectivity index (χ1v) is 10.7. The van der Waals surface area contributed by atoms with Crippen molar-refractivity contribution in [3.05, 3.63) is 122 Å². The highest BCUT2D eigenvalue weighted by Crippen LogP contribution is 2.44. The molecular weight excluding hydrogens is 417 g/mol. The first kappa shape index (κ1) is 22.3. The topological polar surface area (TPSA) is 66.7 Å². The van der Waals surface area contributed by atoms with Gasteiger partial charge in [-0.3, -0.25) is 0 Å². The highest BCUT2D eigenvalue weighted by atomic mass is 19.1. The molecule has 1 aliphatic carbocycles. The number of fused-ring (bicyclic) bond motifs is 1. The monoisotopic (exact) mass is 441 g/mol. The van der Waals surface area contributed by atoms with E-state index in [-0.39, 0.29) is 16.5 Å². The van der Waals surface area contributed by atoms with Gasteiger partial charge in [0.25, 0.3) is 0 Å². The van der Waals surface area contributed by atoms with E-state index in [4.69, 9.17) is 5.11 Å². The van der Waals surface area contributed by atoms with Gasteiger partial charge in [0.05, 0.1) is 5.56 Å². The van der Waals surface area contributed by atoms with Gasteiger partial charge >= 0.3 is 5.97 Å². The van der Waals surface area contributed by atoms with Gasteiger partial charge in [0, 0.05) is 11.0 Å². The van der Waals surface area contributed by atoms with Crippen LogP contribution >= 0.6 is 0 Å². The minimum absolute atomic E-state index is 0.132. The van der Waals surface area contributed by atoms with Crippen LogP contribution in [0.1, 0.15) is 63.6 Å². The average Bonchev–Trinajstić information content (AvgIpc) is 3.06. The molecule has 0 radical (unpaired) electrons. The number of hydrogen-bond donors (Lipinski definition) is 1. The van der Waals surface area contributed by atoms with Crippen molar-refractivity contribution in [2.45, 2.75) is 32.2 Å². The van der Waals surface area contributed by atoms with Crippen molar-refractivity contribution >= 4 is 17.6 Å². The number of rotatable bonds is 6. The van der Waals surface area contributed by atoms with Crippen molar-refractivity contribution < 1.29 is 14.3 Å². The van der Waals surface area contributed by atoms with Gasteiger partial charge in [-0.1, -0.05) is 91.3 Å². The largest absolute Gasteiger partial charge is 0.478 e. The summed E-state index contributed by atoms with van der Waals surface area (Å²) in [4.78, 5) is 22.6. The van der Waals surface area contributed by atoms with Crippen LogP contribution in [0.4, 0.5) is 4.39 Å². The second-order valence-electron chi connectivity index (χ2n) is 8.90. The molecule has 4 rings (SSSR count). The number of aryl methyl sites for hydroxylation is 1. The molecule has 0 amide bonds. The number of benzene rings is 3. The summed E-state index contributed by atoms with van der Waals surface area (Å²) >= 11 is 0. The van der Waals surface area contributed by atoms with Gasteiger partial charge in [-0.25, -0.2) is 9.18 Å². The van der Waals surface area contributed by atoms with Gasteiger partial charge in [-0.15, -0.1) is 4.91 Å². The Morgan fingerprint density at radius 3 is 2.42 bits per heavy atom. The van der Waals surface area contributed by atoms with E-state index in [9.17, 15) is 14.1 Å². The van der Waals surface area contributed by atoms with E-state index in [1.807, 2.05) is 18.2 Å². The van der Waals surface area contributed by atoms with Crippen molar-refractivity contribution in [2.24, 2.45) is 5.18 Å². The summed E-state index contributed by atoms with van der Waals surface area (Å²) in [6, 6.07) is 17.2. The van der Waals surface area contributed by atoms with E-state index < -0.39 is 17.8 Å². The number of hydrogen-bond acceptors (Lipinski definition) is 3. The lowest BCUT2D eigenvalue weighted by Gasteiger charge is -2.19. The smallest absolute Gasteiger partial charge is 0.335 e. The Morgan fingerprint density at radius 2 is 1.79 bits per heavy atom. The van der Waals surface area contributed by atoms with Gasteiger partial charge in [-0.05, 0) is 46.9 Å². The summed E-state index contributed by atoms with van der Waals surface area (Å²) in [7, 11) is 0. The minimum Gasteiger partial charge on any atom is -0.478 e. The maximum atomic E-state index is 14.2. The third kappa shape index (κ3) is 4.40. The van der Waals surface area contributed by atoms with Gasteiger partial charge < -0.3 is 5.11 Å². The Kier molecular flexibility index (Phi) is 5.81. The van der Waals surface area contributed by atoms with Crippen molar-refractivity contribution in [3.63, 3.8) is 0 Å². The molecule has 0 spiro atoms. The predicted octanol–water partition coefficient (Wildman–Crippen LogP) is 7.08. The molecule has 0 fully saturated rings. The molecule has 0 saturated carbocycles. The van der Waals surface area contributed by atoms with Crippen LogP contribution in [0.3, 0.4) is 0 Å². The fourth-order valence-corrected chi connectivity index (χ4v) is 4.20. The molecule has 1 atom stereocenters. The van der Waals surface area contributed by atoms with Crippen LogP contribution in [0.25, 0.3) is 11.6 Å². The third-order valence-electron chi connectivity index (χ3n) is 6.06. The maximum absolute atomic E-state index is 14.2. The lowest BCUT2D eigenvalue weighted by molar-refractivity contribution is 0.0696. The molecule has 33 heavy (non-hydrogen) atoms. The SMILES string of the molecule is Cc1ccc(C2=CC(C)(C)c3cc(C(C=Cc4ccc(C(=O)O)cc4F)N=O)ccc32)cc1. The summed E-state index contributed by atoms with van der Waals surface area (Å²) in [5, 5.41) is 12.2. The minimum atomic E-state index is -1.20. The molecule has 166 valence electrons. The normalized spacial score (nSPS) is 15.2. The summed E-state index contributed by atoms with van der Waals surface area (Å²) in [6.45, 7) is 6.33. The Hall–Kier alpha value is -3.86. The summed E-state index contributed by atoms with van der Waals surface area (Å²) < 4.78 is 14.2. The van der Waals surface area contributed by atoms with Crippen LogP contribution in [0.5, 0.6) is 0 Å². The Bertz CT molecular complexity index is 1300. The predicted molar refractivity (Wildman–Crippen MR) is 129 cm³/mol. The Morgan fingerprint density at radius 1 is 1.06 bits per heavy atom. The van der Waals surface area contributed by atoms with Crippen LogP contribution in [-0.2, 0) is 5.41 Å². The number of nitroso groups, excluding NO2 is 1. The Labute approximate surface area is 192 Å². The third-order valence-corrected chi connectivity index (χ3v) is 6.06. The van der Waals surface area contributed by atoms with Crippen LogP contribution in [0.2, 0.25) is 0 Å². The average molecular weight is 442 g/mol. The zero-order chi connectivity index (χ0) is 23.8. The number of aromatic carboxylic acids is 1. The van der Waals surface area contributed by atoms with Crippen LogP contribution in [0.15, 0.2) is 78.0 Å². The second kappa shape index (κ2) is 8.58. The van der Waals surface area contributed by atoms with Crippen LogP contribution in [0, 0.1) is 17.6 Å². The van der Waals surface area contributed by atoms with Gasteiger partial charge in [0.2, 0.25) is 0 Å². The lowest BCUT2D eigenvalue weighted by Crippen LogP contribution is -2.11. The second-order valence-corrected chi connectivity index (χ2v) is 8.90. The number of nitrogens with zero attached hydrogens (tertiary/aromatic N) is 1. The summed E-state index contributed by atoms with van der Waals surface area (Å²) in [5.74, 6) is -1.87. The highest BCUT2D eigenvalue weighted by molar-refractivity contribution is 5.88. The van der Waals surface area contributed by atoms with E-state index >= 15 is 0 Å². The molecule has 0 saturated heterocycles. The van der Waals surface area contributed by atoms with Crippen molar-refractivity contribution in [1.82, 2.24) is 0 Å². The molecule has 3 aromatic carbocycles. The van der Waals surface area contributed by atoms with Gasteiger partial charge in [0.15, 0.2) is 0 Å². The standard InChI is InChI=1S/C28H24FNO3/c1-17-4-6-18(7-5-17)23-16-28(2,3)24-14-20(10-12-22(23)24)26(30-33)13-11-19-8-9-21(27(31)32)15-25(19)29/h4-16,26H,1-3H3,(H,31,32). The fraction of sp³-hybridized carbons (Fsp3) is 0.179. The van der Waals surface area contributed by atoms with Crippen LogP contribution in [-0.4, -0.2) is 11.1 Å². The molecule has 1 aliphatic rings. The van der Waals surface area contributed by atoms with Gasteiger partial charge in [0.1, 0.15) is 11.9 Å². The van der Waals surface area contributed by atoms with E-state index in [1.165, 1.54) is 29.8 Å². The van der Waals surface area contributed by atoms with E-state index in [0.29, 0.717) is 5.56 Å². The van der Waals surface area contributed by atoms with Gasteiger partial charge in [-0.2, -0.15) is 0 Å². The summed E-state index contributed by atoms with van der Waals surface area (Å²) in [6.07, 6.45) is 5.23. The van der Waals surface area contributed by atoms with Crippen LogP contribution < -0.4 is 0 Å². The highest BCUT2D eigenvalue weighted by Gasteiger charge is 2.31. The zero-order valence-corrected chi connectivity index (χ0v) is 18.7. The summed E-state index contributed by atoms with van der Waals surface area (Å²) in [5.41, 5.74) is 6.29. The van der Waals surface area contributed by atoms with E-state index in [2.05, 4.69) is 56.3 Å². The number of allylic oxidation sites excluding steroid dienone is 1. The first-order chi connectivity index (χ1) is 15.7. The van der Waals surface area contributed by atoms with E-state index in [1.54, 1.807) is 0 Å². The molecule has 3 aromatic rings. The number of carbonyl (C=O) groups is 1. The fourth-order valence-electron chi connectivity index (χ4n) is 4.20. The molecule has 0 heterocycles. The molecule has 0 aliphatic heterocycles. The molecular formula is C28H24FNO3. The number of carboxylic acid groups (broad SMARTS) is 1. The maximum Gasteiger partial charge on any atom is 0.335 e. The quantitative estimate of drug-likeness (QED) is 0.416. The van der Waals surface area contributed by atoms with E-state index in [0.717, 1.165) is 28.3 Å². The lowest BCUT2D eigenvalue weighted by atomic mass is 9.85. The molecule has 1 unspecified atom stereocenters.